The summed E-state index contributed by atoms with van der Waals surface area (Å²) < 4.78 is 0. The number of rotatable bonds is 2. The molecule has 1 rings (SSSR count). The van der Waals surface area contributed by atoms with Gasteiger partial charge in [0.15, 0.2) is 0 Å². The van der Waals surface area contributed by atoms with Crippen molar-refractivity contribution in [2.75, 3.05) is 5.23 Å². The third-order valence-corrected chi connectivity index (χ3v) is 1.40. The molecule has 0 unspecified atom stereocenters. The van der Waals surface area contributed by atoms with E-state index in [9.17, 15) is 0 Å². The molecule has 0 radical (unpaired) electrons. The molecule has 12 heavy (non-hydrogen) atoms. The Balaban J connectivity index is 2.96. The average Bonchev–Trinajstić information content (AvgIpc) is 2.04. The second-order valence-corrected chi connectivity index (χ2v) is 2.26. The molecule has 0 fully saturated rings. The molecule has 0 heterocycles. The van der Waals surface area contributed by atoms with Crippen molar-refractivity contribution in [2.24, 2.45) is 0 Å². The minimum absolute atomic E-state index is 0.0700. The molecule has 0 aliphatic heterocycles. The zero-order chi connectivity index (χ0) is 9.14. The van der Waals surface area contributed by atoms with Crippen LogP contribution in [-0.4, -0.2) is 27.6 Å². The van der Waals surface area contributed by atoms with E-state index in [1.807, 2.05) is 0 Å². The first-order valence-corrected chi connectivity index (χ1v) is 3.25. The van der Waals surface area contributed by atoms with Crippen LogP contribution >= 0.6 is 0 Å². The van der Waals surface area contributed by atoms with Gasteiger partial charge >= 0.3 is 7.12 Å². The topological polar surface area (TPSA) is 84.2 Å². The van der Waals surface area contributed by atoms with Crippen molar-refractivity contribution in [3.63, 3.8) is 0 Å². The SMILES string of the molecule is OB(O)c1cccc(N(O)O)c1. The summed E-state index contributed by atoms with van der Waals surface area (Å²) in [4.78, 5) is 0. The molecule has 1 aromatic rings. The van der Waals surface area contributed by atoms with E-state index < -0.39 is 7.12 Å². The van der Waals surface area contributed by atoms with Gasteiger partial charge in [0.05, 0.1) is 5.69 Å². The monoisotopic (exact) mass is 169 g/mol. The van der Waals surface area contributed by atoms with Crippen LogP contribution in [0.1, 0.15) is 0 Å². The third kappa shape index (κ3) is 1.96. The lowest BCUT2D eigenvalue weighted by molar-refractivity contribution is 0.0292. The van der Waals surface area contributed by atoms with Crippen molar-refractivity contribution in [1.82, 2.24) is 0 Å². The molecule has 0 aliphatic rings. The fourth-order valence-electron chi connectivity index (χ4n) is 0.810. The Kier molecular flexibility index (Phi) is 2.67. The van der Waals surface area contributed by atoms with E-state index in [4.69, 9.17) is 20.5 Å². The minimum Gasteiger partial charge on any atom is -0.423 e. The van der Waals surface area contributed by atoms with Crippen molar-refractivity contribution in [3.8, 4) is 0 Å². The lowest BCUT2D eigenvalue weighted by atomic mass is 9.80. The maximum absolute atomic E-state index is 8.70. The van der Waals surface area contributed by atoms with Crippen molar-refractivity contribution < 1.29 is 20.5 Å². The van der Waals surface area contributed by atoms with Gasteiger partial charge in [-0.3, -0.25) is 10.4 Å². The van der Waals surface area contributed by atoms with E-state index in [0.717, 1.165) is 0 Å². The van der Waals surface area contributed by atoms with Gasteiger partial charge in [-0.15, -0.1) is 5.23 Å². The largest absolute Gasteiger partial charge is 0.488 e. The quantitative estimate of drug-likeness (QED) is 0.335. The summed E-state index contributed by atoms with van der Waals surface area (Å²) in [5.41, 5.74) is 0.265. The molecule has 4 N–H and O–H groups in total. The number of benzene rings is 1. The van der Waals surface area contributed by atoms with Gasteiger partial charge in [0.25, 0.3) is 0 Å². The molecular formula is C6H8BNO4. The fourth-order valence-corrected chi connectivity index (χ4v) is 0.810. The van der Waals surface area contributed by atoms with E-state index in [2.05, 4.69) is 0 Å². The normalized spacial score (nSPS) is 9.67. The number of hydrogen-bond donors (Lipinski definition) is 4. The summed E-state index contributed by atoms with van der Waals surface area (Å²) in [6.07, 6.45) is 0. The third-order valence-electron chi connectivity index (χ3n) is 1.40. The molecular weight excluding hydrogens is 161 g/mol. The Morgan fingerprint density at radius 2 is 1.83 bits per heavy atom. The van der Waals surface area contributed by atoms with E-state index in [1.165, 1.54) is 24.3 Å². The van der Waals surface area contributed by atoms with Crippen LogP contribution in [0.25, 0.3) is 0 Å². The first kappa shape index (κ1) is 9.02. The summed E-state index contributed by atoms with van der Waals surface area (Å²) in [6, 6.07) is 5.58. The van der Waals surface area contributed by atoms with Crippen molar-refractivity contribution in [1.29, 1.82) is 0 Å². The van der Waals surface area contributed by atoms with E-state index in [-0.39, 0.29) is 16.4 Å². The lowest BCUT2D eigenvalue weighted by Crippen LogP contribution is -2.30. The van der Waals surface area contributed by atoms with Crippen LogP contribution < -0.4 is 10.7 Å². The Morgan fingerprint density at radius 1 is 1.17 bits per heavy atom. The molecule has 0 bridgehead atoms. The molecule has 0 saturated heterocycles. The van der Waals surface area contributed by atoms with Gasteiger partial charge < -0.3 is 10.0 Å². The number of nitrogens with zero attached hydrogens (tertiary/aromatic N) is 1. The molecule has 0 saturated carbocycles. The zero-order valence-electron chi connectivity index (χ0n) is 6.12. The van der Waals surface area contributed by atoms with Gasteiger partial charge in [-0.1, -0.05) is 12.1 Å². The average molecular weight is 169 g/mol. The minimum atomic E-state index is -1.61. The van der Waals surface area contributed by atoms with Crippen molar-refractivity contribution in [2.45, 2.75) is 0 Å². The van der Waals surface area contributed by atoms with Crippen LogP contribution in [0.3, 0.4) is 0 Å². The molecule has 0 aliphatic carbocycles. The maximum Gasteiger partial charge on any atom is 0.488 e. The number of anilines is 1. The molecule has 64 valence electrons. The van der Waals surface area contributed by atoms with Crippen LogP contribution in [0.5, 0.6) is 0 Å². The highest BCUT2D eigenvalue weighted by Crippen LogP contribution is 2.06. The molecule has 6 heteroatoms. The van der Waals surface area contributed by atoms with Gasteiger partial charge in [0.1, 0.15) is 0 Å². The first-order chi connectivity index (χ1) is 5.61. The Bertz CT molecular complexity index is 242. The highest BCUT2D eigenvalue weighted by molar-refractivity contribution is 6.58. The van der Waals surface area contributed by atoms with Gasteiger partial charge in [0.2, 0.25) is 0 Å². The second-order valence-electron chi connectivity index (χ2n) is 2.26. The first-order valence-electron chi connectivity index (χ1n) is 3.25. The Hall–Kier alpha value is -1.08. The van der Waals surface area contributed by atoms with E-state index in [1.54, 1.807) is 0 Å². The predicted octanol–water partition coefficient (Wildman–Crippen LogP) is -1.05. The van der Waals surface area contributed by atoms with Crippen LogP contribution in [0, 0.1) is 0 Å². The van der Waals surface area contributed by atoms with Crippen molar-refractivity contribution in [3.05, 3.63) is 24.3 Å². The lowest BCUT2D eigenvalue weighted by Gasteiger charge is -2.08. The standard InChI is InChI=1S/C6H8BNO4/c9-7(10)5-2-1-3-6(4-5)8(11)12/h1-4,9-12H. The fraction of sp³-hybridized carbons (Fsp3) is 0. The van der Waals surface area contributed by atoms with Gasteiger partial charge in [-0.25, -0.2) is 0 Å². The van der Waals surface area contributed by atoms with Gasteiger partial charge in [-0.2, -0.15) is 0 Å². The molecule has 5 nitrogen and oxygen atoms in total. The summed E-state index contributed by atoms with van der Waals surface area (Å²) in [7, 11) is -1.61. The predicted molar refractivity (Wildman–Crippen MR) is 42.3 cm³/mol. The smallest absolute Gasteiger partial charge is 0.423 e. The highest BCUT2D eigenvalue weighted by atomic mass is 16.8. The van der Waals surface area contributed by atoms with Crippen LogP contribution in [0.15, 0.2) is 24.3 Å². The van der Waals surface area contributed by atoms with Gasteiger partial charge in [-0.05, 0) is 17.6 Å². The second kappa shape index (κ2) is 3.55. The molecule has 1 aromatic carbocycles. The van der Waals surface area contributed by atoms with E-state index >= 15 is 0 Å². The summed E-state index contributed by atoms with van der Waals surface area (Å²) in [6.45, 7) is 0. The van der Waals surface area contributed by atoms with Crippen LogP contribution in [0.4, 0.5) is 5.69 Å². The van der Waals surface area contributed by atoms with E-state index in [0.29, 0.717) is 0 Å². The Morgan fingerprint density at radius 3 is 2.33 bits per heavy atom. The zero-order valence-corrected chi connectivity index (χ0v) is 6.12. The Labute approximate surface area is 69.2 Å². The summed E-state index contributed by atoms with van der Waals surface area (Å²) in [5, 5.41) is 34.4. The summed E-state index contributed by atoms with van der Waals surface area (Å²) >= 11 is 0. The number of hydrogen-bond acceptors (Lipinski definition) is 5. The molecule has 0 atom stereocenters. The van der Waals surface area contributed by atoms with Crippen molar-refractivity contribution >= 4 is 18.3 Å². The molecule has 0 spiro atoms. The molecule has 0 amide bonds. The highest BCUT2D eigenvalue weighted by Gasteiger charge is 2.11. The molecule has 0 aromatic heterocycles. The van der Waals surface area contributed by atoms with Gasteiger partial charge in [0, 0.05) is 0 Å². The van der Waals surface area contributed by atoms with Crippen LogP contribution in [0.2, 0.25) is 0 Å². The maximum atomic E-state index is 8.70. The summed E-state index contributed by atoms with van der Waals surface area (Å²) in [5.74, 6) is 0. The van der Waals surface area contributed by atoms with Crippen LogP contribution in [-0.2, 0) is 0 Å².